The van der Waals surface area contributed by atoms with E-state index in [4.69, 9.17) is 4.74 Å². The molecule has 2 amide bonds. The highest BCUT2D eigenvalue weighted by molar-refractivity contribution is 5.94. The molecule has 0 spiro atoms. The van der Waals surface area contributed by atoms with Crippen molar-refractivity contribution in [2.75, 3.05) is 26.2 Å². The van der Waals surface area contributed by atoms with Gasteiger partial charge >= 0.3 is 0 Å². The molecule has 7 nitrogen and oxygen atoms in total. The smallest absolute Gasteiger partial charge is 0.272 e. The van der Waals surface area contributed by atoms with Gasteiger partial charge < -0.3 is 15.0 Å². The van der Waals surface area contributed by atoms with Crippen LogP contribution in [0.1, 0.15) is 50.9 Å². The predicted octanol–water partition coefficient (Wildman–Crippen LogP) is 3.61. The summed E-state index contributed by atoms with van der Waals surface area (Å²) in [6, 6.07) is 16.9. The minimum atomic E-state index is -0.168. The van der Waals surface area contributed by atoms with Crippen LogP contribution < -0.4 is 10.1 Å². The van der Waals surface area contributed by atoms with E-state index in [1.54, 1.807) is 24.5 Å². The van der Waals surface area contributed by atoms with Crippen molar-refractivity contribution in [3.05, 3.63) is 89.5 Å². The van der Waals surface area contributed by atoms with Crippen molar-refractivity contribution in [1.29, 1.82) is 0 Å². The van der Waals surface area contributed by atoms with Gasteiger partial charge in [0.1, 0.15) is 18.1 Å². The first-order valence-electron chi connectivity index (χ1n) is 11.2. The minimum Gasteiger partial charge on any atom is -0.491 e. The maximum atomic E-state index is 12.6. The molecule has 0 aliphatic carbocycles. The Morgan fingerprint density at radius 1 is 1.03 bits per heavy atom. The van der Waals surface area contributed by atoms with Crippen LogP contribution >= 0.6 is 0 Å². The molecule has 0 radical (unpaired) electrons. The highest BCUT2D eigenvalue weighted by Crippen LogP contribution is 2.27. The largest absolute Gasteiger partial charge is 0.491 e. The molecule has 0 atom stereocenters. The normalized spacial score (nSPS) is 14.0. The maximum Gasteiger partial charge on any atom is 0.272 e. The molecule has 170 valence electrons. The van der Waals surface area contributed by atoms with Gasteiger partial charge in [0.2, 0.25) is 0 Å². The number of pyridine rings is 2. The quantitative estimate of drug-likeness (QED) is 0.563. The van der Waals surface area contributed by atoms with Gasteiger partial charge in [-0.1, -0.05) is 24.3 Å². The first-order chi connectivity index (χ1) is 16.1. The van der Waals surface area contributed by atoms with Gasteiger partial charge in [-0.2, -0.15) is 0 Å². The zero-order valence-electron chi connectivity index (χ0n) is 18.7. The fourth-order valence-corrected chi connectivity index (χ4v) is 3.96. The predicted molar refractivity (Wildman–Crippen MR) is 125 cm³/mol. The molecule has 33 heavy (non-hydrogen) atoms. The van der Waals surface area contributed by atoms with E-state index in [0.29, 0.717) is 37.5 Å². The lowest BCUT2D eigenvalue weighted by molar-refractivity contribution is 0.0705. The summed E-state index contributed by atoms with van der Waals surface area (Å²) in [5.74, 6) is 0.904. The second kappa shape index (κ2) is 10.7. The van der Waals surface area contributed by atoms with Gasteiger partial charge in [0.15, 0.2) is 0 Å². The molecule has 2 aromatic heterocycles. The Bertz CT molecular complexity index is 1080. The van der Waals surface area contributed by atoms with Crippen molar-refractivity contribution >= 4 is 11.8 Å². The van der Waals surface area contributed by atoms with Crippen LogP contribution in [0.4, 0.5) is 0 Å². The van der Waals surface area contributed by atoms with E-state index in [9.17, 15) is 9.59 Å². The Balaban J connectivity index is 1.23. The van der Waals surface area contributed by atoms with Crippen molar-refractivity contribution in [3.8, 4) is 5.75 Å². The van der Waals surface area contributed by atoms with E-state index < -0.39 is 0 Å². The van der Waals surface area contributed by atoms with Gasteiger partial charge in [0, 0.05) is 37.1 Å². The van der Waals surface area contributed by atoms with Gasteiger partial charge in [-0.15, -0.1) is 0 Å². The molecule has 0 bridgehead atoms. The van der Waals surface area contributed by atoms with Gasteiger partial charge in [-0.25, -0.2) is 0 Å². The third-order valence-electron chi connectivity index (χ3n) is 5.87. The van der Waals surface area contributed by atoms with Crippen LogP contribution in [0.25, 0.3) is 0 Å². The molecule has 1 N–H and O–H groups in total. The fourth-order valence-electron chi connectivity index (χ4n) is 3.96. The number of piperidine rings is 1. The number of nitrogens with zero attached hydrogens (tertiary/aromatic N) is 3. The molecule has 3 aromatic rings. The lowest BCUT2D eigenvalue weighted by atomic mass is 9.92. The van der Waals surface area contributed by atoms with Crippen molar-refractivity contribution in [1.82, 2.24) is 20.2 Å². The Labute approximate surface area is 193 Å². The molecule has 1 saturated heterocycles. The van der Waals surface area contributed by atoms with Crippen LogP contribution in [-0.4, -0.2) is 52.9 Å². The van der Waals surface area contributed by atoms with E-state index in [2.05, 4.69) is 15.3 Å². The summed E-state index contributed by atoms with van der Waals surface area (Å²) in [6.07, 6.45) is 4.94. The second-order valence-corrected chi connectivity index (χ2v) is 8.12. The van der Waals surface area contributed by atoms with E-state index in [1.165, 1.54) is 0 Å². The molecule has 0 unspecified atom stereocenters. The number of carbonyl (C=O) groups excluding carboxylic acids is 2. The summed E-state index contributed by atoms with van der Waals surface area (Å²) in [4.78, 5) is 35.5. The standard InChI is InChI=1S/C26H28N4O3/c1-19-6-2-3-8-24(19)33-17-14-28-25(31)21-9-10-22(29-18-21)20-11-15-30(16-12-20)26(32)23-7-4-5-13-27-23/h2-10,13,18,20H,11-12,14-17H2,1H3,(H,28,31). The highest BCUT2D eigenvalue weighted by Gasteiger charge is 2.25. The molecule has 7 heteroatoms. The van der Waals surface area contributed by atoms with Crippen molar-refractivity contribution in [2.45, 2.75) is 25.7 Å². The number of ether oxygens (including phenoxy) is 1. The van der Waals surface area contributed by atoms with E-state index >= 15 is 0 Å². The van der Waals surface area contributed by atoms with Crippen LogP contribution in [0.5, 0.6) is 5.75 Å². The summed E-state index contributed by atoms with van der Waals surface area (Å²) in [5, 5.41) is 2.87. The first kappa shape index (κ1) is 22.5. The van der Waals surface area contributed by atoms with Crippen LogP contribution in [0, 0.1) is 6.92 Å². The first-order valence-corrected chi connectivity index (χ1v) is 11.2. The molecule has 1 fully saturated rings. The molecule has 4 rings (SSSR count). The van der Waals surface area contributed by atoms with Crippen molar-refractivity contribution in [2.24, 2.45) is 0 Å². The Morgan fingerprint density at radius 3 is 2.52 bits per heavy atom. The second-order valence-electron chi connectivity index (χ2n) is 8.12. The van der Waals surface area contributed by atoms with Gasteiger partial charge in [0.25, 0.3) is 11.8 Å². The lowest BCUT2D eigenvalue weighted by Gasteiger charge is -2.31. The molecule has 3 heterocycles. The number of hydrogen-bond donors (Lipinski definition) is 1. The average molecular weight is 445 g/mol. The number of aryl methyl sites for hydroxylation is 1. The molecule has 1 aromatic carbocycles. The number of amides is 2. The summed E-state index contributed by atoms with van der Waals surface area (Å²) in [6.45, 7) is 4.15. The fraction of sp³-hybridized carbons (Fsp3) is 0.308. The topological polar surface area (TPSA) is 84.4 Å². The number of nitrogens with one attached hydrogen (secondary N) is 1. The third-order valence-corrected chi connectivity index (χ3v) is 5.87. The Kier molecular flexibility index (Phi) is 7.29. The number of benzene rings is 1. The van der Waals surface area contributed by atoms with Gasteiger partial charge in [0.05, 0.1) is 12.1 Å². The van der Waals surface area contributed by atoms with E-state index in [-0.39, 0.29) is 17.7 Å². The number of aromatic nitrogens is 2. The summed E-state index contributed by atoms with van der Waals surface area (Å²) >= 11 is 0. The third kappa shape index (κ3) is 5.74. The van der Waals surface area contributed by atoms with Crippen molar-refractivity contribution in [3.63, 3.8) is 0 Å². The highest BCUT2D eigenvalue weighted by atomic mass is 16.5. The molecular weight excluding hydrogens is 416 g/mol. The number of rotatable bonds is 7. The number of hydrogen-bond acceptors (Lipinski definition) is 5. The summed E-state index contributed by atoms with van der Waals surface area (Å²) in [7, 11) is 0. The van der Waals surface area contributed by atoms with E-state index in [0.717, 1.165) is 29.8 Å². The maximum absolute atomic E-state index is 12.6. The molecule has 1 aliphatic heterocycles. The van der Waals surface area contributed by atoms with Crippen LogP contribution in [0.15, 0.2) is 67.0 Å². The average Bonchev–Trinajstić information content (AvgIpc) is 2.88. The zero-order chi connectivity index (χ0) is 23.0. The van der Waals surface area contributed by atoms with Crippen LogP contribution in [-0.2, 0) is 0 Å². The zero-order valence-corrected chi connectivity index (χ0v) is 18.7. The van der Waals surface area contributed by atoms with Crippen LogP contribution in [0.3, 0.4) is 0 Å². The summed E-state index contributed by atoms with van der Waals surface area (Å²) < 4.78 is 5.71. The Hall–Kier alpha value is -3.74. The molecular formula is C26H28N4O3. The number of carbonyl (C=O) groups is 2. The SMILES string of the molecule is Cc1ccccc1OCCNC(=O)c1ccc(C2CCN(C(=O)c3ccccn3)CC2)nc1. The lowest BCUT2D eigenvalue weighted by Crippen LogP contribution is -2.38. The number of para-hydroxylation sites is 1. The summed E-state index contributed by atoms with van der Waals surface area (Å²) in [5.41, 5.74) is 3.03. The van der Waals surface area contributed by atoms with Crippen molar-refractivity contribution < 1.29 is 14.3 Å². The minimum absolute atomic E-state index is 0.0274. The molecule has 0 saturated carbocycles. The monoisotopic (exact) mass is 444 g/mol. The van der Waals surface area contributed by atoms with E-state index in [1.807, 2.05) is 54.3 Å². The number of likely N-dealkylation sites (tertiary alicyclic amines) is 1. The van der Waals surface area contributed by atoms with Crippen LogP contribution in [0.2, 0.25) is 0 Å². The Morgan fingerprint density at radius 2 is 1.82 bits per heavy atom. The van der Waals surface area contributed by atoms with Gasteiger partial charge in [-0.05, 0) is 55.7 Å². The van der Waals surface area contributed by atoms with Gasteiger partial charge in [-0.3, -0.25) is 19.6 Å². The molecule has 1 aliphatic rings.